The maximum absolute atomic E-state index is 12.7. The molecule has 126 valence electrons. The summed E-state index contributed by atoms with van der Waals surface area (Å²) in [6.07, 6.45) is 6.01. The zero-order chi connectivity index (χ0) is 16.9. The van der Waals surface area contributed by atoms with E-state index in [-0.39, 0.29) is 5.91 Å². The number of nitrogens with zero attached hydrogens (tertiary/aromatic N) is 3. The van der Waals surface area contributed by atoms with E-state index in [9.17, 15) is 4.79 Å². The highest BCUT2D eigenvalue weighted by Gasteiger charge is 2.19. The molecule has 0 radical (unpaired) electrons. The summed E-state index contributed by atoms with van der Waals surface area (Å²) in [5, 5.41) is 3.30. The van der Waals surface area contributed by atoms with E-state index in [2.05, 4.69) is 35.2 Å². The van der Waals surface area contributed by atoms with Crippen LogP contribution in [0.5, 0.6) is 0 Å². The van der Waals surface area contributed by atoms with Crippen molar-refractivity contribution in [2.45, 2.75) is 39.5 Å². The second-order valence-electron chi connectivity index (χ2n) is 6.37. The predicted molar refractivity (Wildman–Crippen MR) is 95.6 cm³/mol. The van der Waals surface area contributed by atoms with Gasteiger partial charge in [0.15, 0.2) is 0 Å². The van der Waals surface area contributed by atoms with Gasteiger partial charge in [0.05, 0.1) is 0 Å². The number of likely N-dealkylation sites (tertiary alicyclic amines) is 1. The maximum Gasteiger partial charge on any atom is 0.272 e. The normalized spacial score (nSPS) is 15.0. The molecular formula is C19H24N4O. The summed E-state index contributed by atoms with van der Waals surface area (Å²) in [7, 11) is 0. The van der Waals surface area contributed by atoms with Gasteiger partial charge in [0.25, 0.3) is 5.91 Å². The minimum atomic E-state index is 0.00307. The van der Waals surface area contributed by atoms with Crippen LogP contribution in [0.2, 0.25) is 0 Å². The molecule has 2 aromatic rings. The van der Waals surface area contributed by atoms with E-state index in [1.165, 1.54) is 30.3 Å². The lowest BCUT2D eigenvalue weighted by atomic mass is 10.1. The molecule has 0 unspecified atom stereocenters. The molecule has 1 aliphatic rings. The first-order valence-corrected chi connectivity index (χ1v) is 8.60. The van der Waals surface area contributed by atoms with Gasteiger partial charge in [-0.15, -0.1) is 0 Å². The Kier molecular flexibility index (Phi) is 5.08. The Morgan fingerprint density at radius 2 is 1.83 bits per heavy atom. The number of carbonyl (C=O) groups excluding carboxylic acids is 1. The average molecular weight is 324 g/mol. The molecule has 2 heterocycles. The molecule has 1 aromatic heterocycles. The van der Waals surface area contributed by atoms with Gasteiger partial charge in [-0.3, -0.25) is 4.79 Å². The van der Waals surface area contributed by atoms with E-state index in [1.54, 1.807) is 6.07 Å². The van der Waals surface area contributed by atoms with Crippen molar-refractivity contribution in [3.63, 3.8) is 0 Å². The van der Waals surface area contributed by atoms with Crippen LogP contribution in [-0.4, -0.2) is 33.9 Å². The van der Waals surface area contributed by atoms with E-state index in [0.29, 0.717) is 11.5 Å². The van der Waals surface area contributed by atoms with Crippen molar-refractivity contribution < 1.29 is 4.79 Å². The number of aromatic nitrogens is 2. The first-order valence-electron chi connectivity index (χ1n) is 8.60. The van der Waals surface area contributed by atoms with Crippen LogP contribution >= 0.6 is 0 Å². The van der Waals surface area contributed by atoms with Gasteiger partial charge in [-0.1, -0.05) is 25.0 Å². The van der Waals surface area contributed by atoms with E-state index < -0.39 is 0 Å². The Morgan fingerprint density at radius 1 is 1.08 bits per heavy atom. The lowest BCUT2D eigenvalue weighted by molar-refractivity contribution is 0.0755. The maximum atomic E-state index is 12.7. The number of rotatable bonds is 3. The first-order chi connectivity index (χ1) is 11.6. The smallest absolute Gasteiger partial charge is 0.272 e. The van der Waals surface area contributed by atoms with Gasteiger partial charge in [-0.25, -0.2) is 9.97 Å². The number of nitrogens with one attached hydrogen (secondary N) is 1. The number of hydrogen-bond acceptors (Lipinski definition) is 4. The molecule has 1 N–H and O–H groups in total. The molecule has 3 rings (SSSR count). The standard InChI is InChI=1S/C19H24N4O/c1-14-8-7-9-16(15(14)2)22-18-12-17(20-13-21-18)19(24)23-10-5-3-4-6-11-23/h7-9,12-13H,3-6,10-11H2,1-2H3,(H,20,21,22). The van der Waals surface area contributed by atoms with Gasteiger partial charge in [-0.05, 0) is 43.9 Å². The van der Waals surface area contributed by atoms with E-state index in [0.717, 1.165) is 31.6 Å². The number of aryl methyl sites for hydroxylation is 1. The average Bonchev–Trinajstić information content (AvgIpc) is 2.88. The van der Waals surface area contributed by atoms with Crippen molar-refractivity contribution in [3.05, 3.63) is 47.4 Å². The summed E-state index contributed by atoms with van der Waals surface area (Å²) < 4.78 is 0. The Labute approximate surface area is 143 Å². The van der Waals surface area contributed by atoms with Crippen molar-refractivity contribution in [1.29, 1.82) is 0 Å². The molecule has 5 nitrogen and oxygen atoms in total. The molecule has 0 bridgehead atoms. The quantitative estimate of drug-likeness (QED) is 0.931. The Bertz CT molecular complexity index is 721. The highest BCUT2D eigenvalue weighted by molar-refractivity contribution is 5.93. The Morgan fingerprint density at radius 3 is 2.58 bits per heavy atom. The lowest BCUT2D eigenvalue weighted by Gasteiger charge is -2.20. The SMILES string of the molecule is Cc1cccc(Nc2cc(C(=O)N3CCCCCC3)ncn2)c1C. The summed E-state index contributed by atoms with van der Waals surface area (Å²) in [5.74, 6) is 0.653. The third-order valence-corrected chi connectivity index (χ3v) is 4.65. The molecule has 0 aliphatic carbocycles. The molecule has 24 heavy (non-hydrogen) atoms. The molecule has 5 heteroatoms. The van der Waals surface area contributed by atoms with Crippen LogP contribution in [0, 0.1) is 13.8 Å². The fourth-order valence-corrected chi connectivity index (χ4v) is 3.00. The van der Waals surface area contributed by atoms with Crippen LogP contribution in [0.1, 0.15) is 47.3 Å². The third-order valence-electron chi connectivity index (χ3n) is 4.65. The summed E-state index contributed by atoms with van der Waals surface area (Å²) in [6.45, 7) is 5.79. The van der Waals surface area contributed by atoms with Gasteiger partial charge in [0.2, 0.25) is 0 Å². The predicted octanol–water partition coefficient (Wildman–Crippen LogP) is 3.85. The highest BCUT2D eigenvalue weighted by atomic mass is 16.2. The van der Waals surface area contributed by atoms with Crippen LogP contribution in [0.25, 0.3) is 0 Å². The fraction of sp³-hybridized carbons (Fsp3) is 0.421. The molecule has 1 aromatic carbocycles. The summed E-state index contributed by atoms with van der Waals surface area (Å²) in [4.78, 5) is 23.0. The molecule has 1 aliphatic heterocycles. The molecule has 0 spiro atoms. The third kappa shape index (κ3) is 3.72. The molecule has 0 atom stereocenters. The molecular weight excluding hydrogens is 300 g/mol. The number of anilines is 2. The van der Waals surface area contributed by atoms with Gasteiger partial charge < -0.3 is 10.2 Å². The lowest BCUT2D eigenvalue weighted by Crippen LogP contribution is -2.32. The second kappa shape index (κ2) is 7.43. The van der Waals surface area contributed by atoms with Crippen LogP contribution < -0.4 is 5.32 Å². The highest BCUT2D eigenvalue weighted by Crippen LogP contribution is 2.22. The molecule has 1 amide bonds. The largest absolute Gasteiger partial charge is 0.340 e. The van der Waals surface area contributed by atoms with Crippen LogP contribution in [0.4, 0.5) is 11.5 Å². The number of amides is 1. The van der Waals surface area contributed by atoms with Gasteiger partial charge in [0.1, 0.15) is 17.8 Å². The van der Waals surface area contributed by atoms with Crippen molar-refractivity contribution >= 4 is 17.4 Å². The fourth-order valence-electron chi connectivity index (χ4n) is 3.00. The van der Waals surface area contributed by atoms with Crippen molar-refractivity contribution in [3.8, 4) is 0 Å². The van der Waals surface area contributed by atoms with Crippen LogP contribution in [-0.2, 0) is 0 Å². The minimum absolute atomic E-state index is 0.00307. The first kappa shape index (κ1) is 16.4. The summed E-state index contributed by atoms with van der Waals surface area (Å²) >= 11 is 0. The van der Waals surface area contributed by atoms with Crippen molar-refractivity contribution in [2.75, 3.05) is 18.4 Å². The molecule has 1 saturated heterocycles. The number of carbonyl (C=O) groups is 1. The van der Waals surface area contributed by atoms with Gasteiger partial charge in [0, 0.05) is 24.8 Å². The summed E-state index contributed by atoms with van der Waals surface area (Å²) in [6, 6.07) is 7.85. The topological polar surface area (TPSA) is 58.1 Å². The zero-order valence-corrected chi connectivity index (χ0v) is 14.4. The monoisotopic (exact) mass is 324 g/mol. The Balaban J connectivity index is 1.78. The second-order valence-corrected chi connectivity index (χ2v) is 6.37. The molecule has 0 saturated carbocycles. The van der Waals surface area contributed by atoms with Gasteiger partial charge >= 0.3 is 0 Å². The number of hydrogen-bond donors (Lipinski definition) is 1. The van der Waals surface area contributed by atoms with Crippen molar-refractivity contribution in [2.24, 2.45) is 0 Å². The van der Waals surface area contributed by atoms with Gasteiger partial charge in [-0.2, -0.15) is 0 Å². The van der Waals surface area contributed by atoms with Crippen molar-refractivity contribution in [1.82, 2.24) is 14.9 Å². The van der Waals surface area contributed by atoms with E-state index in [1.807, 2.05) is 17.0 Å². The van der Waals surface area contributed by atoms with Crippen LogP contribution in [0.3, 0.4) is 0 Å². The zero-order valence-electron chi connectivity index (χ0n) is 14.4. The minimum Gasteiger partial charge on any atom is -0.340 e. The summed E-state index contributed by atoms with van der Waals surface area (Å²) in [5.41, 5.74) is 3.85. The van der Waals surface area contributed by atoms with Crippen LogP contribution in [0.15, 0.2) is 30.6 Å². The molecule has 1 fully saturated rings. The Hall–Kier alpha value is -2.43. The number of benzene rings is 1. The van der Waals surface area contributed by atoms with E-state index >= 15 is 0 Å². The van der Waals surface area contributed by atoms with E-state index in [4.69, 9.17) is 0 Å².